The van der Waals surface area contributed by atoms with Crippen LogP contribution in [0.2, 0.25) is 0 Å². The van der Waals surface area contributed by atoms with Crippen LogP contribution in [0.3, 0.4) is 0 Å². The Morgan fingerprint density at radius 3 is 2.90 bits per heavy atom. The minimum Gasteiger partial charge on any atom is -0.368 e. The minimum absolute atomic E-state index is 0.106. The van der Waals surface area contributed by atoms with Gasteiger partial charge in [-0.05, 0) is 6.07 Å². The van der Waals surface area contributed by atoms with Crippen LogP contribution in [-0.2, 0) is 13.6 Å². The lowest BCUT2D eigenvalue weighted by Gasteiger charge is -2.05. The van der Waals surface area contributed by atoms with Crippen molar-refractivity contribution >= 4 is 11.9 Å². The number of nitrogen functional groups attached to an aromatic ring is 1. The van der Waals surface area contributed by atoms with E-state index in [1.165, 1.54) is 17.3 Å². The number of aryl methyl sites for hydroxylation is 1. The van der Waals surface area contributed by atoms with Gasteiger partial charge in [-0.3, -0.25) is 4.68 Å². The van der Waals surface area contributed by atoms with Crippen molar-refractivity contribution in [1.82, 2.24) is 39.5 Å². The van der Waals surface area contributed by atoms with Gasteiger partial charge in [0.1, 0.15) is 12.7 Å². The quantitative estimate of drug-likeness (QED) is 0.643. The molecular formula is C10H12N10. The van der Waals surface area contributed by atoms with Crippen LogP contribution in [0.4, 0.5) is 11.9 Å². The van der Waals surface area contributed by atoms with Crippen LogP contribution in [0.1, 0.15) is 5.69 Å². The zero-order valence-corrected chi connectivity index (χ0v) is 10.7. The Balaban J connectivity index is 1.79. The zero-order chi connectivity index (χ0) is 13.9. The Morgan fingerprint density at radius 2 is 2.20 bits per heavy atom. The second-order valence-electron chi connectivity index (χ2n) is 3.99. The normalized spacial score (nSPS) is 10.7. The molecule has 3 aromatic rings. The van der Waals surface area contributed by atoms with E-state index < -0.39 is 0 Å². The van der Waals surface area contributed by atoms with E-state index in [1.54, 1.807) is 4.68 Å². The van der Waals surface area contributed by atoms with E-state index in [0.717, 1.165) is 5.69 Å². The summed E-state index contributed by atoms with van der Waals surface area (Å²) in [5.41, 5.74) is 6.52. The Hall–Kier alpha value is -3.04. The summed E-state index contributed by atoms with van der Waals surface area (Å²) in [5, 5.41) is 11.2. The van der Waals surface area contributed by atoms with Crippen molar-refractivity contribution in [1.29, 1.82) is 0 Å². The van der Waals surface area contributed by atoms with Gasteiger partial charge < -0.3 is 11.1 Å². The second kappa shape index (κ2) is 4.91. The molecule has 0 saturated carbocycles. The first kappa shape index (κ1) is 12.0. The Morgan fingerprint density at radius 1 is 1.30 bits per heavy atom. The molecule has 0 fully saturated rings. The molecule has 0 aromatic carbocycles. The second-order valence-corrected chi connectivity index (χ2v) is 3.99. The van der Waals surface area contributed by atoms with Crippen LogP contribution >= 0.6 is 0 Å². The molecule has 20 heavy (non-hydrogen) atoms. The first-order valence-corrected chi connectivity index (χ1v) is 5.79. The molecule has 0 unspecified atom stereocenters. The van der Waals surface area contributed by atoms with Crippen molar-refractivity contribution in [3.8, 4) is 5.95 Å². The summed E-state index contributed by atoms with van der Waals surface area (Å²) in [6.45, 7) is 0.487. The molecule has 102 valence electrons. The molecule has 0 radical (unpaired) electrons. The molecule has 0 aliphatic heterocycles. The van der Waals surface area contributed by atoms with Gasteiger partial charge in [0.25, 0.3) is 5.95 Å². The maximum absolute atomic E-state index is 5.66. The molecular weight excluding hydrogens is 260 g/mol. The summed E-state index contributed by atoms with van der Waals surface area (Å²) in [7, 11) is 1.85. The molecule has 3 aromatic heterocycles. The van der Waals surface area contributed by atoms with Gasteiger partial charge in [-0.15, -0.1) is 0 Å². The van der Waals surface area contributed by atoms with E-state index in [2.05, 4.69) is 35.5 Å². The summed E-state index contributed by atoms with van der Waals surface area (Å²) in [6, 6.07) is 1.90. The van der Waals surface area contributed by atoms with Gasteiger partial charge in [0.2, 0.25) is 11.9 Å². The van der Waals surface area contributed by atoms with Crippen molar-refractivity contribution in [2.24, 2.45) is 7.05 Å². The van der Waals surface area contributed by atoms with E-state index in [0.29, 0.717) is 18.4 Å². The van der Waals surface area contributed by atoms with Crippen LogP contribution in [-0.4, -0.2) is 39.5 Å². The summed E-state index contributed by atoms with van der Waals surface area (Å²) in [4.78, 5) is 16.0. The number of nitrogens with zero attached hydrogens (tertiary/aromatic N) is 8. The van der Waals surface area contributed by atoms with E-state index in [1.807, 2.05) is 19.3 Å². The molecule has 0 spiro atoms. The lowest BCUT2D eigenvalue weighted by molar-refractivity contribution is 0.745. The Labute approximate surface area is 113 Å². The average Bonchev–Trinajstić information content (AvgIpc) is 3.07. The highest BCUT2D eigenvalue weighted by Crippen LogP contribution is 2.07. The van der Waals surface area contributed by atoms with Gasteiger partial charge in [-0.1, -0.05) is 0 Å². The summed E-state index contributed by atoms with van der Waals surface area (Å²) in [5.74, 6) is 0.765. The number of aromatic nitrogens is 8. The molecule has 0 aliphatic carbocycles. The monoisotopic (exact) mass is 272 g/mol. The fraction of sp³-hybridized carbons (Fsp3) is 0.200. The number of anilines is 2. The summed E-state index contributed by atoms with van der Waals surface area (Å²) < 4.78 is 3.13. The largest absolute Gasteiger partial charge is 0.368 e. The van der Waals surface area contributed by atoms with Crippen molar-refractivity contribution in [2.75, 3.05) is 11.1 Å². The molecule has 3 heterocycles. The molecule has 3 rings (SSSR count). The van der Waals surface area contributed by atoms with Crippen LogP contribution in [0.25, 0.3) is 5.95 Å². The highest BCUT2D eigenvalue weighted by atomic mass is 15.4. The fourth-order valence-corrected chi connectivity index (χ4v) is 1.60. The Kier molecular flexibility index (Phi) is 2.95. The summed E-state index contributed by atoms with van der Waals surface area (Å²) in [6.07, 6.45) is 4.73. The topological polar surface area (TPSA) is 125 Å². The number of rotatable bonds is 4. The van der Waals surface area contributed by atoms with E-state index in [9.17, 15) is 0 Å². The van der Waals surface area contributed by atoms with E-state index in [-0.39, 0.29) is 5.95 Å². The van der Waals surface area contributed by atoms with Crippen molar-refractivity contribution < 1.29 is 0 Å². The van der Waals surface area contributed by atoms with Crippen LogP contribution in [0.5, 0.6) is 0 Å². The van der Waals surface area contributed by atoms with Gasteiger partial charge in [0, 0.05) is 13.2 Å². The predicted octanol–water partition coefficient (Wildman–Crippen LogP) is -0.620. The van der Waals surface area contributed by atoms with E-state index >= 15 is 0 Å². The molecule has 0 atom stereocenters. The third-order valence-electron chi connectivity index (χ3n) is 2.46. The van der Waals surface area contributed by atoms with Crippen LogP contribution in [0, 0.1) is 0 Å². The van der Waals surface area contributed by atoms with Gasteiger partial charge in [-0.25, -0.2) is 4.98 Å². The first-order valence-electron chi connectivity index (χ1n) is 5.79. The predicted molar refractivity (Wildman–Crippen MR) is 69.7 cm³/mol. The van der Waals surface area contributed by atoms with Crippen molar-refractivity contribution in [2.45, 2.75) is 6.54 Å². The van der Waals surface area contributed by atoms with Crippen molar-refractivity contribution in [3.63, 3.8) is 0 Å². The van der Waals surface area contributed by atoms with Crippen LogP contribution in [0.15, 0.2) is 24.9 Å². The molecule has 10 nitrogen and oxygen atoms in total. The van der Waals surface area contributed by atoms with Crippen LogP contribution < -0.4 is 11.1 Å². The van der Waals surface area contributed by atoms with Gasteiger partial charge in [-0.2, -0.15) is 29.8 Å². The maximum Gasteiger partial charge on any atom is 0.258 e. The number of hydrogen-bond acceptors (Lipinski definition) is 8. The number of nitrogens with two attached hydrogens (primary N) is 1. The van der Waals surface area contributed by atoms with Gasteiger partial charge in [0.05, 0.1) is 12.2 Å². The lowest BCUT2D eigenvalue weighted by Crippen LogP contribution is -2.11. The standard InChI is InChI=1S/C10H12N10/c1-19-3-2-7(18-19)4-13-9-15-8(11)16-10(17-9)20-6-12-5-14-20/h2-3,5-6H,4H2,1H3,(H3,11,13,15,16,17). The molecule has 0 amide bonds. The SMILES string of the molecule is Cn1ccc(CNc2nc(N)nc(-n3cncn3)n2)n1. The minimum atomic E-state index is 0.106. The third kappa shape index (κ3) is 2.53. The van der Waals surface area contributed by atoms with Crippen molar-refractivity contribution in [3.05, 3.63) is 30.6 Å². The molecule has 3 N–H and O–H groups in total. The number of hydrogen-bond donors (Lipinski definition) is 2. The zero-order valence-electron chi connectivity index (χ0n) is 10.7. The molecule has 0 bridgehead atoms. The fourth-order valence-electron chi connectivity index (χ4n) is 1.60. The molecule has 10 heteroatoms. The molecule has 0 aliphatic rings. The van der Waals surface area contributed by atoms with E-state index in [4.69, 9.17) is 5.73 Å². The third-order valence-corrected chi connectivity index (χ3v) is 2.46. The highest BCUT2D eigenvalue weighted by Gasteiger charge is 2.07. The first-order chi connectivity index (χ1) is 9.70. The summed E-state index contributed by atoms with van der Waals surface area (Å²) >= 11 is 0. The van der Waals surface area contributed by atoms with Gasteiger partial charge in [0.15, 0.2) is 0 Å². The highest BCUT2D eigenvalue weighted by molar-refractivity contribution is 5.34. The Bertz CT molecular complexity index is 701. The average molecular weight is 272 g/mol. The smallest absolute Gasteiger partial charge is 0.258 e. The maximum atomic E-state index is 5.66. The number of nitrogens with one attached hydrogen (secondary N) is 1. The van der Waals surface area contributed by atoms with Gasteiger partial charge >= 0.3 is 0 Å². The molecule has 0 saturated heterocycles. The lowest BCUT2D eigenvalue weighted by atomic mass is 10.4.